The maximum Gasteiger partial charge on any atom is 0.333 e. The molecule has 4 nitrogen and oxygen atoms in total. The smallest absolute Gasteiger partial charge is 0.333 e. The maximum atomic E-state index is 10.7. The van der Waals surface area contributed by atoms with Gasteiger partial charge in [-0.25, -0.2) is 4.79 Å². The molecule has 2 aliphatic rings. The zero-order chi connectivity index (χ0) is 12.3. The van der Waals surface area contributed by atoms with E-state index in [4.69, 9.17) is 14.2 Å². The van der Waals surface area contributed by atoms with Crippen LogP contribution in [-0.2, 0) is 14.3 Å². The summed E-state index contributed by atoms with van der Waals surface area (Å²) < 4.78 is 14.5. The van der Waals surface area contributed by atoms with Crippen molar-refractivity contribution in [2.75, 3.05) is 13.2 Å². The number of carbonyl (C=O) groups is 1. The van der Waals surface area contributed by atoms with Crippen molar-refractivity contribution in [3.05, 3.63) is 36.4 Å². The molecule has 0 saturated carbocycles. The van der Waals surface area contributed by atoms with Crippen molar-refractivity contribution in [2.24, 2.45) is 0 Å². The van der Waals surface area contributed by atoms with Crippen LogP contribution in [-0.4, -0.2) is 25.3 Å². The molecule has 1 atom stereocenters. The molecule has 0 amide bonds. The number of epoxide rings is 1. The molecule has 1 saturated heterocycles. The predicted molar refractivity (Wildman–Crippen MR) is 62.0 cm³/mol. The number of hydrogen-bond donors (Lipinski definition) is 0. The summed E-state index contributed by atoms with van der Waals surface area (Å²) in [7, 11) is 0. The van der Waals surface area contributed by atoms with Crippen LogP contribution in [0.25, 0.3) is 0 Å². The van der Waals surface area contributed by atoms with Gasteiger partial charge >= 0.3 is 5.97 Å². The van der Waals surface area contributed by atoms with Crippen molar-refractivity contribution in [3.8, 4) is 11.5 Å². The van der Waals surface area contributed by atoms with Crippen molar-refractivity contribution in [3.63, 3.8) is 0 Å². The van der Waals surface area contributed by atoms with Crippen LogP contribution in [0.15, 0.2) is 36.4 Å². The van der Waals surface area contributed by atoms with Crippen molar-refractivity contribution in [1.29, 1.82) is 0 Å². The molecule has 0 spiro atoms. The number of benzene rings is 1. The van der Waals surface area contributed by atoms with Gasteiger partial charge in [0.05, 0.1) is 6.61 Å². The van der Waals surface area contributed by atoms with Crippen LogP contribution in [0.1, 0.15) is 6.92 Å². The fraction of sp³-hybridized carbons (Fsp3) is 0.308. The maximum absolute atomic E-state index is 10.7. The van der Waals surface area contributed by atoms with Crippen LogP contribution in [0.2, 0.25) is 0 Å². The quantitative estimate of drug-likeness (QED) is 0.464. The lowest BCUT2D eigenvalue weighted by atomic mass is 10.4. The molecule has 2 heterocycles. The Bertz CT molecular complexity index is 414. The highest BCUT2D eigenvalue weighted by atomic mass is 16.6. The minimum atomic E-state index is -0.337. The molecule has 1 unspecified atom stereocenters. The molecule has 90 valence electrons. The SMILES string of the molecule is C=C(C)C(=O)OCC1CO1.c1ccc2c(c1)O2. The summed E-state index contributed by atoms with van der Waals surface area (Å²) in [5.41, 5.74) is 0.431. The molecule has 0 N–H and O–H groups in total. The predicted octanol–water partition coefficient (Wildman–Crippen LogP) is 2.30. The highest BCUT2D eigenvalue weighted by molar-refractivity contribution is 5.86. The molecule has 1 aromatic rings. The van der Waals surface area contributed by atoms with E-state index in [1.807, 2.05) is 24.3 Å². The van der Waals surface area contributed by atoms with Gasteiger partial charge in [-0.2, -0.15) is 0 Å². The summed E-state index contributed by atoms with van der Waals surface area (Å²) in [5, 5.41) is 0. The highest BCUT2D eigenvalue weighted by Crippen LogP contribution is 2.43. The van der Waals surface area contributed by atoms with Crippen LogP contribution >= 0.6 is 0 Å². The van der Waals surface area contributed by atoms with Crippen LogP contribution < -0.4 is 4.74 Å². The molecular formula is C13H14O4. The Balaban J connectivity index is 0.000000134. The third-order valence-corrected chi connectivity index (χ3v) is 2.18. The Morgan fingerprint density at radius 2 is 2.06 bits per heavy atom. The van der Waals surface area contributed by atoms with Crippen molar-refractivity contribution in [2.45, 2.75) is 13.0 Å². The average Bonchev–Trinajstić information content (AvgIpc) is 3.18. The first-order chi connectivity index (χ1) is 8.16. The molecule has 17 heavy (non-hydrogen) atoms. The summed E-state index contributed by atoms with van der Waals surface area (Å²) in [6.07, 6.45) is 0.142. The van der Waals surface area contributed by atoms with Gasteiger partial charge in [-0.15, -0.1) is 0 Å². The van der Waals surface area contributed by atoms with E-state index in [-0.39, 0.29) is 12.1 Å². The van der Waals surface area contributed by atoms with E-state index in [9.17, 15) is 4.79 Å². The summed E-state index contributed by atoms with van der Waals surface area (Å²) >= 11 is 0. The largest absolute Gasteiger partial charge is 0.459 e. The fourth-order valence-corrected chi connectivity index (χ4v) is 1.07. The lowest BCUT2D eigenvalue weighted by Crippen LogP contribution is -2.09. The van der Waals surface area contributed by atoms with Crippen LogP contribution in [0, 0.1) is 0 Å². The normalized spacial score (nSPS) is 17.8. The van der Waals surface area contributed by atoms with Gasteiger partial charge in [-0.05, 0) is 19.1 Å². The monoisotopic (exact) mass is 234 g/mol. The lowest BCUT2D eigenvalue weighted by molar-refractivity contribution is -0.139. The summed E-state index contributed by atoms with van der Waals surface area (Å²) in [4.78, 5) is 10.7. The van der Waals surface area contributed by atoms with Crippen LogP contribution in [0.3, 0.4) is 0 Å². The molecule has 1 aromatic carbocycles. The third kappa shape index (κ3) is 3.92. The standard InChI is InChI=1S/C7H10O3.C6H4O/c1-5(2)7(8)10-4-6-3-9-6;1-2-4-6-5(3-1)7-6/h6H,1,3-4H2,2H3;1-4H. The van der Waals surface area contributed by atoms with E-state index in [0.717, 1.165) is 11.5 Å². The fourth-order valence-electron chi connectivity index (χ4n) is 1.07. The number of fused-ring (bicyclic) bond motifs is 1. The number of rotatable bonds is 3. The number of ether oxygens (including phenoxy) is 3. The Morgan fingerprint density at radius 1 is 1.47 bits per heavy atom. The molecule has 4 heteroatoms. The van der Waals surface area contributed by atoms with E-state index in [0.29, 0.717) is 18.8 Å². The van der Waals surface area contributed by atoms with Crippen molar-refractivity contribution >= 4 is 5.97 Å². The van der Waals surface area contributed by atoms with Gasteiger partial charge in [0, 0.05) is 5.57 Å². The van der Waals surface area contributed by atoms with Gasteiger partial charge in [0.25, 0.3) is 0 Å². The summed E-state index contributed by atoms with van der Waals surface area (Å²) in [6.45, 7) is 6.14. The van der Waals surface area contributed by atoms with E-state index in [1.54, 1.807) is 6.92 Å². The second kappa shape index (κ2) is 5.01. The first kappa shape index (κ1) is 11.7. The molecule has 0 bridgehead atoms. The topological polar surface area (TPSA) is 51.4 Å². The van der Waals surface area contributed by atoms with Crippen LogP contribution in [0.5, 0.6) is 11.5 Å². The highest BCUT2D eigenvalue weighted by Gasteiger charge is 2.24. The second-order valence-electron chi connectivity index (χ2n) is 3.88. The van der Waals surface area contributed by atoms with Gasteiger partial charge in [0.2, 0.25) is 0 Å². The van der Waals surface area contributed by atoms with E-state index >= 15 is 0 Å². The number of esters is 1. The molecule has 1 fully saturated rings. The minimum absolute atomic E-state index is 0.142. The van der Waals surface area contributed by atoms with Gasteiger partial charge in [0.1, 0.15) is 12.7 Å². The van der Waals surface area contributed by atoms with Crippen LogP contribution in [0.4, 0.5) is 0 Å². The van der Waals surface area contributed by atoms with Crippen molar-refractivity contribution < 1.29 is 19.0 Å². The zero-order valence-corrected chi connectivity index (χ0v) is 9.64. The van der Waals surface area contributed by atoms with Gasteiger partial charge in [-0.1, -0.05) is 18.7 Å². The van der Waals surface area contributed by atoms with E-state index in [2.05, 4.69) is 6.58 Å². The number of hydrogen-bond acceptors (Lipinski definition) is 4. The van der Waals surface area contributed by atoms with Gasteiger partial charge < -0.3 is 14.2 Å². The van der Waals surface area contributed by atoms with Gasteiger partial charge in [0.15, 0.2) is 11.5 Å². The minimum Gasteiger partial charge on any atom is -0.459 e. The summed E-state index contributed by atoms with van der Waals surface area (Å²) in [5.74, 6) is 1.72. The molecule has 0 radical (unpaired) electrons. The molecule has 0 aromatic heterocycles. The Kier molecular flexibility index (Phi) is 3.44. The van der Waals surface area contributed by atoms with E-state index < -0.39 is 0 Å². The number of para-hydroxylation sites is 2. The molecule has 0 aliphatic carbocycles. The zero-order valence-electron chi connectivity index (χ0n) is 9.64. The van der Waals surface area contributed by atoms with Crippen molar-refractivity contribution in [1.82, 2.24) is 0 Å². The first-order valence-electron chi connectivity index (χ1n) is 5.38. The second-order valence-corrected chi connectivity index (χ2v) is 3.88. The third-order valence-electron chi connectivity index (χ3n) is 2.18. The summed E-state index contributed by atoms with van der Waals surface area (Å²) in [6, 6.07) is 7.84. The lowest BCUT2D eigenvalue weighted by Gasteiger charge is -1.99. The molecule has 3 rings (SSSR count). The average molecular weight is 234 g/mol. The number of carbonyl (C=O) groups excluding carboxylic acids is 1. The molecular weight excluding hydrogens is 220 g/mol. The first-order valence-corrected chi connectivity index (χ1v) is 5.38. The molecule has 2 aliphatic heterocycles. The Morgan fingerprint density at radius 3 is 2.47 bits per heavy atom. The Labute approximate surface area is 99.8 Å². The van der Waals surface area contributed by atoms with E-state index in [1.165, 1.54) is 0 Å². The van der Waals surface area contributed by atoms with Gasteiger partial charge in [-0.3, -0.25) is 0 Å². The Hall–Kier alpha value is -1.81.